The Morgan fingerprint density at radius 3 is 2.35 bits per heavy atom. The highest BCUT2D eigenvalue weighted by molar-refractivity contribution is 7.89. The number of hydrogen-bond donors (Lipinski definition) is 1. The predicted octanol–water partition coefficient (Wildman–Crippen LogP) is 1.95. The number of sulfonamides is 1. The summed E-state index contributed by atoms with van der Waals surface area (Å²) in [7, 11) is -3.81. The quantitative estimate of drug-likeness (QED) is 0.835. The van der Waals surface area contributed by atoms with Gasteiger partial charge in [-0.25, -0.2) is 12.8 Å². The zero-order valence-electron chi connectivity index (χ0n) is 11.4. The van der Waals surface area contributed by atoms with Gasteiger partial charge in [0.1, 0.15) is 5.82 Å². The van der Waals surface area contributed by atoms with Crippen LogP contribution in [0.1, 0.15) is 20.3 Å². The second-order valence-corrected chi connectivity index (χ2v) is 6.49. The summed E-state index contributed by atoms with van der Waals surface area (Å²) in [5.41, 5.74) is 0. The number of nitrogens with zero attached hydrogens (tertiary/aromatic N) is 1. The first kappa shape index (κ1) is 16.6. The Labute approximate surface area is 118 Å². The fourth-order valence-electron chi connectivity index (χ4n) is 1.70. The number of benzene rings is 1. The molecule has 0 fully saturated rings. The summed E-state index contributed by atoms with van der Waals surface area (Å²) in [6.45, 7) is 3.37. The third-order valence-corrected chi connectivity index (χ3v) is 4.70. The van der Waals surface area contributed by atoms with Crippen molar-refractivity contribution in [1.29, 1.82) is 0 Å². The number of carboxylic acid groups (broad SMARTS) is 1. The summed E-state index contributed by atoms with van der Waals surface area (Å²) in [6.07, 6.45) is 0.562. The molecule has 0 aliphatic rings. The van der Waals surface area contributed by atoms with E-state index in [-0.39, 0.29) is 18.0 Å². The van der Waals surface area contributed by atoms with Crippen molar-refractivity contribution in [2.75, 3.05) is 13.1 Å². The Balaban J connectivity index is 3.05. The number of aliphatic carboxylic acids is 1. The van der Waals surface area contributed by atoms with Crippen LogP contribution in [0.5, 0.6) is 0 Å². The molecule has 0 aliphatic carbocycles. The van der Waals surface area contributed by atoms with E-state index in [9.17, 15) is 17.6 Å². The third-order valence-electron chi connectivity index (χ3n) is 2.82. The highest BCUT2D eigenvalue weighted by Crippen LogP contribution is 2.18. The van der Waals surface area contributed by atoms with Crippen molar-refractivity contribution in [3.63, 3.8) is 0 Å². The van der Waals surface area contributed by atoms with Gasteiger partial charge in [-0.15, -0.1) is 0 Å². The van der Waals surface area contributed by atoms with Gasteiger partial charge in [-0.2, -0.15) is 4.31 Å². The van der Waals surface area contributed by atoms with E-state index < -0.39 is 27.7 Å². The number of carboxylic acids is 1. The van der Waals surface area contributed by atoms with E-state index in [0.29, 0.717) is 6.42 Å². The van der Waals surface area contributed by atoms with Gasteiger partial charge in [0.15, 0.2) is 0 Å². The van der Waals surface area contributed by atoms with Crippen LogP contribution in [0, 0.1) is 11.7 Å². The van der Waals surface area contributed by atoms with E-state index in [1.54, 1.807) is 6.92 Å². The highest BCUT2D eigenvalue weighted by Gasteiger charge is 2.27. The maximum atomic E-state index is 12.9. The van der Waals surface area contributed by atoms with Crippen molar-refractivity contribution in [2.45, 2.75) is 25.2 Å². The summed E-state index contributed by atoms with van der Waals surface area (Å²) in [4.78, 5) is 10.8. The topological polar surface area (TPSA) is 74.7 Å². The van der Waals surface area contributed by atoms with Crippen molar-refractivity contribution in [3.05, 3.63) is 30.1 Å². The van der Waals surface area contributed by atoms with Crippen molar-refractivity contribution in [1.82, 2.24) is 4.31 Å². The van der Waals surface area contributed by atoms with Gasteiger partial charge in [-0.3, -0.25) is 4.79 Å². The van der Waals surface area contributed by atoms with Crippen molar-refractivity contribution in [3.8, 4) is 0 Å². The molecule has 0 saturated carbocycles. The molecule has 0 aromatic heterocycles. The molecule has 0 bridgehead atoms. The average Bonchev–Trinajstić information content (AvgIpc) is 2.38. The normalized spacial score (nSPS) is 13.4. The van der Waals surface area contributed by atoms with Gasteiger partial charge >= 0.3 is 5.97 Å². The highest BCUT2D eigenvalue weighted by atomic mass is 32.2. The van der Waals surface area contributed by atoms with Crippen LogP contribution in [0.2, 0.25) is 0 Å². The molecule has 0 heterocycles. The van der Waals surface area contributed by atoms with E-state index in [2.05, 4.69) is 0 Å². The van der Waals surface area contributed by atoms with E-state index >= 15 is 0 Å². The Kier molecular flexibility index (Phi) is 5.64. The van der Waals surface area contributed by atoms with E-state index in [0.717, 1.165) is 16.4 Å². The molecule has 7 heteroatoms. The fourth-order valence-corrected chi connectivity index (χ4v) is 3.32. The summed E-state index contributed by atoms with van der Waals surface area (Å²) in [6, 6.07) is 4.49. The predicted molar refractivity (Wildman–Crippen MR) is 72.2 cm³/mol. The summed E-state index contributed by atoms with van der Waals surface area (Å²) >= 11 is 0. The van der Waals surface area contributed by atoms with Crippen LogP contribution in [0.15, 0.2) is 29.2 Å². The van der Waals surface area contributed by atoms with Gasteiger partial charge in [0.2, 0.25) is 10.0 Å². The molecule has 1 aromatic rings. The maximum Gasteiger partial charge on any atom is 0.307 e. The Bertz CT molecular complexity index is 556. The second-order valence-electron chi connectivity index (χ2n) is 4.56. The number of hydrogen-bond acceptors (Lipinski definition) is 3. The monoisotopic (exact) mass is 303 g/mol. The Morgan fingerprint density at radius 2 is 1.90 bits per heavy atom. The number of carbonyl (C=O) groups is 1. The van der Waals surface area contributed by atoms with Crippen LogP contribution in [0.3, 0.4) is 0 Å². The van der Waals surface area contributed by atoms with E-state index in [1.165, 1.54) is 19.1 Å². The molecule has 0 amide bonds. The van der Waals surface area contributed by atoms with Crippen LogP contribution in [-0.4, -0.2) is 36.9 Å². The molecule has 0 saturated heterocycles. The van der Waals surface area contributed by atoms with Crippen LogP contribution in [0.25, 0.3) is 0 Å². The molecule has 0 spiro atoms. The lowest BCUT2D eigenvalue weighted by Crippen LogP contribution is -2.37. The second kappa shape index (κ2) is 6.81. The molecule has 1 aromatic carbocycles. The van der Waals surface area contributed by atoms with Gasteiger partial charge in [0, 0.05) is 13.1 Å². The Hall–Kier alpha value is -1.47. The average molecular weight is 303 g/mol. The zero-order valence-corrected chi connectivity index (χ0v) is 12.2. The summed E-state index contributed by atoms with van der Waals surface area (Å²) in [5, 5.41) is 8.90. The summed E-state index contributed by atoms with van der Waals surface area (Å²) in [5.74, 6) is -2.39. The molecular formula is C13H18FNO4S. The molecule has 20 heavy (non-hydrogen) atoms. The lowest BCUT2D eigenvalue weighted by Gasteiger charge is -2.23. The smallest absolute Gasteiger partial charge is 0.307 e. The minimum atomic E-state index is -3.81. The van der Waals surface area contributed by atoms with E-state index in [4.69, 9.17) is 5.11 Å². The van der Waals surface area contributed by atoms with Crippen LogP contribution in [0.4, 0.5) is 4.39 Å². The fraction of sp³-hybridized carbons (Fsp3) is 0.462. The molecule has 0 radical (unpaired) electrons. The lowest BCUT2D eigenvalue weighted by atomic mass is 10.2. The molecule has 1 rings (SSSR count). The molecule has 1 atom stereocenters. The van der Waals surface area contributed by atoms with Crippen molar-refractivity contribution >= 4 is 16.0 Å². The Morgan fingerprint density at radius 1 is 1.35 bits per heavy atom. The number of halogens is 1. The lowest BCUT2D eigenvalue weighted by molar-refractivity contribution is -0.141. The third kappa shape index (κ3) is 4.01. The first-order valence-electron chi connectivity index (χ1n) is 6.27. The van der Waals surface area contributed by atoms with Gasteiger partial charge in [0.05, 0.1) is 10.8 Å². The zero-order chi connectivity index (χ0) is 15.3. The van der Waals surface area contributed by atoms with Crippen LogP contribution < -0.4 is 0 Å². The van der Waals surface area contributed by atoms with Gasteiger partial charge in [0.25, 0.3) is 0 Å². The first-order chi connectivity index (χ1) is 9.28. The van der Waals surface area contributed by atoms with Gasteiger partial charge in [-0.1, -0.05) is 13.8 Å². The molecule has 0 aliphatic heterocycles. The SMILES string of the molecule is CCCN(CC(C)C(=O)O)S(=O)(=O)c1ccc(F)cc1. The molecular weight excluding hydrogens is 285 g/mol. The molecule has 1 unspecified atom stereocenters. The van der Waals surface area contributed by atoms with Crippen LogP contribution in [-0.2, 0) is 14.8 Å². The van der Waals surface area contributed by atoms with E-state index in [1.807, 2.05) is 0 Å². The van der Waals surface area contributed by atoms with Crippen molar-refractivity contribution in [2.24, 2.45) is 5.92 Å². The molecule has 1 N–H and O–H groups in total. The largest absolute Gasteiger partial charge is 0.481 e. The summed E-state index contributed by atoms with van der Waals surface area (Å²) < 4.78 is 38.8. The minimum absolute atomic E-state index is 0.0371. The van der Waals surface area contributed by atoms with Crippen molar-refractivity contribution < 1.29 is 22.7 Å². The van der Waals surface area contributed by atoms with Gasteiger partial charge < -0.3 is 5.11 Å². The minimum Gasteiger partial charge on any atom is -0.481 e. The van der Waals surface area contributed by atoms with Gasteiger partial charge in [-0.05, 0) is 30.7 Å². The number of rotatable bonds is 7. The molecule has 5 nitrogen and oxygen atoms in total. The maximum absolute atomic E-state index is 12.9. The molecule has 112 valence electrons. The first-order valence-corrected chi connectivity index (χ1v) is 7.71. The van der Waals surface area contributed by atoms with Crippen LogP contribution >= 0.6 is 0 Å². The standard InChI is InChI=1S/C13H18FNO4S/c1-3-8-15(9-10(2)13(16)17)20(18,19)12-6-4-11(14)5-7-12/h4-7,10H,3,8-9H2,1-2H3,(H,16,17).